The second-order valence-electron chi connectivity index (χ2n) is 7.35. The summed E-state index contributed by atoms with van der Waals surface area (Å²) in [5, 5.41) is 3.86. The van der Waals surface area contributed by atoms with E-state index >= 15 is 0 Å². The van der Waals surface area contributed by atoms with E-state index in [0.29, 0.717) is 41.8 Å². The summed E-state index contributed by atoms with van der Waals surface area (Å²) < 4.78 is 0. The van der Waals surface area contributed by atoms with Crippen molar-refractivity contribution >= 4 is 52.5 Å². The monoisotopic (exact) mass is 441 g/mol. The van der Waals surface area contributed by atoms with Crippen LogP contribution >= 0.6 is 23.2 Å². The van der Waals surface area contributed by atoms with E-state index in [1.54, 1.807) is 24.4 Å². The van der Waals surface area contributed by atoms with Crippen LogP contribution in [0.3, 0.4) is 0 Å². The lowest BCUT2D eigenvalue weighted by Crippen LogP contribution is -2.30. The summed E-state index contributed by atoms with van der Waals surface area (Å²) in [6.07, 6.45) is 9.77. The van der Waals surface area contributed by atoms with Gasteiger partial charge in [-0.3, -0.25) is 9.59 Å². The van der Waals surface area contributed by atoms with Crippen LogP contribution < -0.4 is 5.32 Å². The molecule has 2 aliphatic heterocycles. The normalized spacial score (nSPS) is 16.7. The Kier molecular flexibility index (Phi) is 6.21. The van der Waals surface area contributed by atoms with Crippen molar-refractivity contribution in [3.8, 4) is 0 Å². The fourth-order valence-electron chi connectivity index (χ4n) is 3.72. The number of carbonyl (C=O) groups is 2. The van der Waals surface area contributed by atoms with Crippen LogP contribution in [-0.4, -0.2) is 34.8 Å². The van der Waals surface area contributed by atoms with E-state index in [9.17, 15) is 9.59 Å². The Morgan fingerprint density at radius 3 is 2.90 bits per heavy atom. The van der Waals surface area contributed by atoms with E-state index in [4.69, 9.17) is 23.2 Å². The van der Waals surface area contributed by atoms with Crippen molar-refractivity contribution in [3.05, 3.63) is 69.3 Å². The molecule has 5 nitrogen and oxygen atoms in total. The minimum atomic E-state index is -0.0344. The van der Waals surface area contributed by atoms with Gasteiger partial charge in [0.2, 0.25) is 11.8 Å². The van der Waals surface area contributed by atoms with Gasteiger partial charge in [-0.15, -0.1) is 0 Å². The summed E-state index contributed by atoms with van der Waals surface area (Å²) in [6.45, 7) is 1.27. The SMILES string of the molecule is O=C1CCc2cc(C=CC(=O)N3CCC=C(c4cccc(Cl)c4Cl)CC3)cnc2N1. The number of hydrogen-bond acceptors (Lipinski definition) is 3. The summed E-state index contributed by atoms with van der Waals surface area (Å²) in [4.78, 5) is 30.3. The predicted molar refractivity (Wildman–Crippen MR) is 120 cm³/mol. The Balaban J connectivity index is 1.40. The van der Waals surface area contributed by atoms with E-state index in [1.165, 1.54) is 0 Å². The van der Waals surface area contributed by atoms with Gasteiger partial charge in [0.1, 0.15) is 5.82 Å². The fourth-order valence-corrected chi connectivity index (χ4v) is 4.14. The maximum atomic E-state index is 12.7. The molecule has 1 N–H and O–H groups in total. The number of rotatable bonds is 3. The van der Waals surface area contributed by atoms with Gasteiger partial charge in [-0.05, 0) is 59.7 Å². The zero-order chi connectivity index (χ0) is 21.1. The van der Waals surface area contributed by atoms with Gasteiger partial charge in [-0.25, -0.2) is 4.98 Å². The Morgan fingerprint density at radius 2 is 2.03 bits per heavy atom. The third-order valence-corrected chi connectivity index (χ3v) is 6.15. The van der Waals surface area contributed by atoms with Crippen LogP contribution in [0.5, 0.6) is 0 Å². The molecular weight excluding hydrogens is 421 g/mol. The van der Waals surface area contributed by atoms with Crippen LogP contribution in [0.1, 0.15) is 36.0 Å². The first-order valence-electron chi connectivity index (χ1n) is 9.90. The molecule has 154 valence electrons. The third-order valence-electron chi connectivity index (χ3n) is 5.34. The average molecular weight is 442 g/mol. The maximum Gasteiger partial charge on any atom is 0.246 e. The number of halogens is 2. The smallest absolute Gasteiger partial charge is 0.246 e. The van der Waals surface area contributed by atoms with Crippen LogP contribution in [0.4, 0.5) is 5.82 Å². The molecule has 1 aromatic heterocycles. The minimum Gasteiger partial charge on any atom is -0.339 e. The molecule has 0 saturated heterocycles. The first-order chi connectivity index (χ1) is 14.5. The van der Waals surface area contributed by atoms with Gasteiger partial charge in [-0.1, -0.05) is 41.4 Å². The van der Waals surface area contributed by atoms with Crippen LogP contribution in [0.15, 0.2) is 42.6 Å². The molecule has 0 fully saturated rings. The Labute approximate surface area is 185 Å². The summed E-state index contributed by atoms with van der Waals surface area (Å²) in [6, 6.07) is 7.59. The molecule has 7 heteroatoms. The molecule has 4 rings (SSSR count). The summed E-state index contributed by atoms with van der Waals surface area (Å²) in [7, 11) is 0. The second kappa shape index (κ2) is 9.02. The van der Waals surface area contributed by atoms with Gasteiger partial charge in [-0.2, -0.15) is 0 Å². The Hall–Kier alpha value is -2.63. The number of carbonyl (C=O) groups excluding carboxylic acids is 2. The van der Waals surface area contributed by atoms with Gasteiger partial charge < -0.3 is 10.2 Å². The maximum absolute atomic E-state index is 12.7. The van der Waals surface area contributed by atoms with Crippen molar-refractivity contribution in [2.24, 2.45) is 0 Å². The molecule has 2 aromatic rings. The fraction of sp³-hybridized carbons (Fsp3) is 0.261. The number of aromatic nitrogens is 1. The lowest BCUT2D eigenvalue weighted by Gasteiger charge is -2.19. The number of fused-ring (bicyclic) bond motifs is 1. The van der Waals surface area contributed by atoms with E-state index in [0.717, 1.165) is 35.1 Å². The number of nitrogens with zero attached hydrogens (tertiary/aromatic N) is 2. The lowest BCUT2D eigenvalue weighted by molar-refractivity contribution is -0.125. The number of hydrogen-bond donors (Lipinski definition) is 1. The van der Waals surface area contributed by atoms with Crippen LogP contribution in [0, 0.1) is 0 Å². The highest BCUT2D eigenvalue weighted by Gasteiger charge is 2.18. The number of nitrogens with one attached hydrogen (secondary N) is 1. The number of amides is 2. The van der Waals surface area contributed by atoms with Crippen LogP contribution in [0.25, 0.3) is 11.6 Å². The van der Waals surface area contributed by atoms with Crippen molar-refractivity contribution in [1.29, 1.82) is 0 Å². The Morgan fingerprint density at radius 1 is 1.17 bits per heavy atom. The number of benzene rings is 1. The number of pyridine rings is 1. The molecule has 1 aromatic carbocycles. The molecule has 0 saturated carbocycles. The van der Waals surface area contributed by atoms with Crippen molar-refractivity contribution in [3.63, 3.8) is 0 Å². The van der Waals surface area contributed by atoms with Gasteiger partial charge >= 0.3 is 0 Å². The highest BCUT2D eigenvalue weighted by Crippen LogP contribution is 2.33. The third kappa shape index (κ3) is 4.58. The number of anilines is 1. The quantitative estimate of drug-likeness (QED) is 0.682. The highest BCUT2D eigenvalue weighted by atomic mass is 35.5. The molecule has 0 atom stereocenters. The average Bonchev–Trinajstić information content (AvgIpc) is 3.00. The molecule has 3 heterocycles. The van der Waals surface area contributed by atoms with E-state index in [1.807, 2.05) is 23.1 Å². The van der Waals surface area contributed by atoms with E-state index in [2.05, 4.69) is 16.4 Å². The zero-order valence-corrected chi connectivity index (χ0v) is 17.8. The van der Waals surface area contributed by atoms with Gasteiger partial charge in [0, 0.05) is 31.8 Å². The first-order valence-corrected chi connectivity index (χ1v) is 10.7. The van der Waals surface area contributed by atoms with E-state index in [-0.39, 0.29) is 11.8 Å². The second-order valence-corrected chi connectivity index (χ2v) is 8.14. The van der Waals surface area contributed by atoms with Crippen LogP contribution in [-0.2, 0) is 16.0 Å². The summed E-state index contributed by atoms with van der Waals surface area (Å²) in [5.41, 5.74) is 3.88. The minimum absolute atomic E-state index is 0.0123. The molecular formula is C23H21Cl2N3O2. The molecule has 0 aliphatic carbocycles. The molecule has 0 spiro atoms. The van der Waals surface area contributed by atoms with Crippen molar-refractivity contribution in [2.45, 2.75) is 25.7 Å². The van der Waals surface area contributed by atoms with Gasteiger partial charge in [0.05, 0.1) is 10.0 Å². The van der Waals surface area contributed by atoms with Crippen LogP contribution in [0.2, 0.25) is 10.0 Å². The standard InChI is InChI=1S/C23H21Cl2N3O2/c24-19-5-1-4-18(22(19)25)16-3-2-11-28(12-10-16)21(30)9-6-15-13-17-7-8-20(29)27-23(17)26-14-15/h1,3-6,9,13-14H,2,7-8,10-12H2,(H,26,27,29). The van der Waals surface area contributed by atoms with Gasteiger partial charge in [0.15, 0.2) is 0 Å². The van der Waals surface area contributed by atoms with Gasteiger partial charge in [0.25, 0.3) is 0 Å². The molecule has 0 unspecified atom stereocenters. The Bertz CT molecular complexity index is 1060. The molecule has 0 bridgehead atoms. The summed E-state index contributed by atoms with van der Waals surface area (Å²) in [5.74, 6) is 0.565. The number of aryl methyl sites for hydroxylation is 1. The molecule has 2 amide bonds. The lowest BCUT2D eigenvalue weighted by atomic mass is 10.0. The molecule has 0 radical (unpaired) electrons. The van der Waals surface area contributed by atoms with Crippen molar-refractivity contribution in [1.82, 2.24) is 9.88 Å². The van der Waals surface area contributed by atoms with E-state index < -0.39 is 0 Å². The molecule has 2 aliphatic rings. The zero-order valence-electron chi connectivity index (χ0n) is 16.3. The predicted octanol–water partition coefficient (Wildman–Crippen LogP) is 4.99. The van der Waals surface area contributed by atoms with Crippen molar-refractivity contribution < 1.29 is 9.59 Å². The highest BCUT2D eigenvalue weighted by molar-refractivity contribution is 6.43. The van der Waals surface area contributed by atoms with Crippen molar-refractivity contribution in [2.75, 3.05) is 18.4 Å². The topological polar surface area (TPSA) is 62.3 Å². The molecule has 30 heavy (non-hydrogen) atoms. The summed E-state index contributed by atoms with van der Waals surface area (Å²) >= 11 is 12.5. The first kappa shape index (κ1) is 20.6. The largest absolute Gasteiger partial charge is 0.339 e.